The number of furan rings is 2. The number of para-hydroxylation sites is 4. The zero-order valence-corrected chi connectivity index (χ0v) is 32.8. The Hall–Kier alpha value is -7.84. The minimum atomic E-state index is -4.49. The summed E-state index contributed by atoms with van der Waals surface area (Å²) in [4.78, 5) is 4.18. The van der Waals surface area contributed by atoms with Gasteiger partial charge in [-0.1, -0.05) is 109 Å². The lowest BCUT2D eigenvalue weighted by atomic mass is 9.91. The van der Waals surface area contributed by atoms with Gasteiger partial charge >= 0.3 is 6.18 Å². The molecule has 298 valence electrons. The van der Waals surface area contributed by atoms with Crippen molar-refractivity contribution in [1.82, 2.24) is 0 Å². The van der Waals surface area contributed by atoms with Crippen LogP contribution in [0, 0.1) is 0 Å². The van der Waals surface area contributed by atoms with Crippen molar-refractivity contribution in [1.29, 1.82) is 0 Å². The van der Waals surface area contributed by atoms with E-state index in [0.29, 0.717) is 28.1 Å². The monoisotopic (exact) mass is 816 g/mol. The molecule has 0 radical (unpaired) electrons. The van der Waals surface area contributed by atoms with Crippen molar-refractivity contribution in [3.63, 3.8) is 0 Å². The highest BCUT2D eigenvalue weighted by Gasteiger charge is 2.31. The van der Waals surface area contributed by atoms with Crippen molar-refractivity contribution >= 4 is 110 Å². The average Bonchev–Trinajstić information content (AvgIpc) is 3.89. The highest BCUT2D eigenvalue weighted by atomic mass is 19.4. The zero-order valence-electron chi connectivity index (χ0n) is 32.8. The molecule has 2 heterocycles. The van der Waals surface area contributed by atoms with Gasteiger partial charge < -0.3 is 18.6 Å². The quantitative estimate of drug-likeness (QED) is 0.118. The molecule has 12 aromatic rings. The van der Waals surface area contributed by atoms with Crippen LogP contribution in [0.5, 0.6) is 0 Å². The molecule has 0 unspecified atom stereocenters. The average molecular weight is 817 g/mol. The number of halogens is 4. The third kappa shape index (κ3) is 5.46. The van der Waals surface area contributed by atoms with E-state index >= 15 is 0 Å². The molecule has 0 aliphatic heterocycles. The standard InChI is InChI=1S/C54H32F4N2O2/c55-31-32-15-23-36(24-16-32)59(46-11-5-9-40-38-7-1-3-13-48(38)61-52(40)46)44-29-19-33-18-28-43-45(30-20-34-17-27-42(44)50(33)51(34)43)60(37-25-21-35(22-26-37)54(56,57)58)47-12-6-10-41-39-8-2-4-14-49(39)62-53(41)47/h1-30H,31H2. The van der Waals surface area contributed by atoms with Gasteiger partial charge in [0.25, 0.3) is 0 Å². The Morgan fingerprint density at radius 3 is 1.29 bits per heavy atom. The first-order chi connectivity index (χ1) is 30.3. The van der Waals surface area contributed by atoms with E-state index in [4.69, 9.17) is 8.83 Å². The predicted octanol–water partition coefficient (Wildman–Crippen LogP) is 16.8. The summed E-state index contributed by atoms with van der Waals surface area (Å²) in [5.74, 6) is 0. The number of fused-ring (bicyclic) bond motifs is 6. The second kappa shape index (κ2) is 13.6. The summed E-state index contributed by atoms with van der Waals surface area (Å²) in [6, 6.07) is 57.4. The Morgan fingerprint density at radius 2 is 0.823 bits per heavy atom. The highest BCUT2D eigenvalue weighted by Crippen LogP contribution is 2.50. The Balaban J connectivity index is 1.12. The van der Waals surface area contributed by atoms with Crippen molar-refractivity contribution in [3.05, 3.63) is 193 Å². The summed E-state index contributed by atoms with van der Waals surface area (Å²) in [6.07, 6.45) is -4.49. The van der Waals surface area contributed by atoms with E-state index in [1.165, 1.54) is 12.1 Å². The van der Waals surface area contributed by atoms with Crippen molar-refractivity contribution < 1.29 is 26.4 Å². The van der Waals surface area contributed by atoms with E-state index in [2.05, 4.69) is 59.5 Å². The number of anilines is 6. The van der Waals surface area contributed by atoms with E-state index in [9.17, 15) is 17.6 Å². The molecule has 0 saturated carbocycles. The molecule has 0 amide bonds. The first-order valence-electron chi connectivity index (χ1n) is 20.3. The maximum Gasteiger partial charge on any atom is 0.416 e. The van der Waals surface area contributed by atoms with Gasteiger partial charge in [0.05, 0.1) is 28.3 Å². The van der Waals surface area contributed by atoms with E-state index < -0.39 is 18.4 Å². The number of rotatable bonds is 7. The molecular weight excluding hydrogens is 785 g/mol. The lowest BCUT2D eigenvalue weighted by molar-refractivity contribution is -0.137. The van der Waals surface area contributed by atoms with E-state index in [-0.39, 0.29) is 0 Å². The van der Waals surface area contributed by atoms with Gasteiger partial charge in [0.2, 0.25) is 0 Å². The van der Waals surface area contributed by atoms with Gasteiger partial charge in [0, 0.05) is 43.7 Å². The summed E-state index contributed by atoms with van der Waals surface area (Å²) in [5.41, 5.74) is 7.25. The Kier molecular flexibility index (Phi) is 7.90. The van der Waals surface area contributed by atoms with Gasteiger partial charge in [-0.25, -0.2) is 4.39 Å². The van der Waals surface area contributed by atoms with Crippen LogP contribution in [-0.2, 0) is 12.9 Å². The molecule has 0 N–H and O–H groups in total. The van der Waals surface area contributed by atoms with Gasteiger partial charge in [-0.3, -0.25) is 0 Å². The Labute approximate surface area is 351 Å². The van der Waals surface area contributed by atoms with Crippen LogP contribution in [-0.4, -0.2) is 0 Å². The predicted molar refractivity (Wildman–Crippen MR) is 244 cm³/mol. The summed E-state index contributed by atoms with van der Waals surface area (Å²) in [7, 11) is 0. The third-order valence-electron chi connectivity index (χ3n) is 12.2. The number of nitrogens with zero attached hydrogens (tertiary/aromatic N) is 2. The molecule has 0 saturated heterocycles. The van der Waals surface area contributed by atoms with Crippen LogP contribution in [0.4, 0.5) is 51.7 Å². The highest BCUT2D eigenvalue weighted by molar-refractivity contribution is 6.28. The van der Waals surface area contributed by atoms with Crippen LogP contribution in [0.1, 0.15) is 11.1 Å². The lowest BCUT2D eigenvalue weighted by Gasteiger charge is -2.29. The number of alkyl halides is 4. The lowest BCUT2D eigenvalue weighted by Crippen LogP contribution is -2.12. The smallest absolute Gasteiger partial charge is 0.416 e. The number of hydrogen-bond donors (Lipinski definition) is 0. The maximum atomic E-state index is 13.9. The van der Waals surface area contributed by atoms with E-state index in [1.54, 1.807) is 0 Å². The van der Waals surface area contributed by atoms with Crippen LogP contribution in [0.2, 0.25) is 0 Å². The van der Waals surface area contributed by atoms with Gasteiger partial charge in [-0.15, -0.1) is 0 Å². The van der Waals surface area contributed by atoms with Crippen LogP contribution >= 0.6 is 0 Å². The maximum absolute atomic E-state index is 13.9. The zero-order chi connectivity index (χ0) is 41.7. The minimum Gasteiger partial charge on any atom is -0.454 e. The summed E-state index contributed by atoms with van der Waals surface area (Å²) in [5, 5.41) is 9.77. The fourth-order valence-electron chi connectivity index (χ4n) is 9.33. The largest absolute Gasteiger partial charge is 0.454 e. The summed E-state index contributed by atoms with van der Waals surface area (Å²) < 4.78 is 68.9. The number of benzene rings is 10. The molecule has 0 bridgehead atoms. The van der Waals surface area contributed by atoms with Crippen molar-refractivity contribution in [3.8, 4) is 0 Å². The topological polar surface area (TPSA) is 32.8 Å². The van der Waals surface area contributed by atoms with Crippen LogP contribution in [0.3, 0.4) is 0 Å². The van der Waals surface area contributed by atoms with Gasteiger partial charge in [-0.05, 0) is 99.9 Å². The SMILES string of the molecule is FCc1ccc(N(c2ccc3ccc4c(N(c5ccc(C(F)(F)F)cc5)c5cccc6c5oc5ccccc56)ccc5ccc2c3c54)c2cccc3c2oc2ccccc23)cc1. The summed E-state index contributed by atoms with van der Waals surface area (Å²) in [6.45, 7) is -0.575. The minimum absolute atomic E-state index is 0.545. The molecule has 0 atom stereocenters. The van der Waals surface area contributed by atoms with Gasteiger partial charge in [0.15, 0.2) is 11.2 Å². The van der Waals surface area contributed by atoms with Crippen molar-refractivity contribution in [2.45, 2.75) is 12.9 Å². The molecule has 0 aliphatic carbocycles. The second-order valence-electron chi connectivity index (χ2n) is 15.6. The molecule has 2 aromatic heterocycles. The van der Waals surface area contributed by atoms with Crippen molar-refractivity contribution in [2.24, 2.45) is 0 Å². The molecule has 0 aliphatic rings. The molecular formula is C54H32F4N2O2. The van der Waals surface area contributed by atoms with Crippen LogP contribution in [0.15, 0.2) is 191 Å². The fourth-order valence-corrected chi connectivity index (χ4v) is 9.33. The normalized spacial score (nSPS) is 12.3. The Bertz CT molecular complexity index is 3680. The molecule has 8 heteroatoms. The summed E-state index contributed by atoms with van der Waals surface area (Å²) >= 11 is 0. The first kappa shape index (κ1) is 36.0. The fraction of sp³-hybridized carbons (Fsp3) is 0.0370. The van der Waals surface area contributed by atoms with Gasteiger partial charge in [0.1, 0.15) is 17.8 Å². The van der Waals surface area contributed by atoms with Crippen LogP contribution < -0.4 is 9.80 Å². The third-order valence-corrected chi connectivity index (χ3v) is 12.2. The molecule has 12 rings (SSSR count). The van der Waals surface area contributed by atoms with Gasteiger partial charge in [-0.2, -0.15) is 13.2 Å². The van der Waals surface area contributed by atoms with E-state index in [1.807, 2.05) is 108 Å². The second-order valence-corrected chi connectivity index (χ2v) is 15.6. The van der Waals surface area contributed by atoms with E-state index in [0.717, 1.165) is 99.9 Å². The molecule has 10 aromatic carbocycles. The van der Waals surface area contributed by atoms with Crippen LogP contribution in [0.25, 0.3) is 76.2 Å². The molecule has 0 spiro atoms. The molecule has 62 heavy (non-hydrogen) atoms. The molecule has 4 nitrogen and oxygen atoms in total. The first-order valence-corrected chi connectivity index (χ1v) is 20.3. The Morgan fingerprint density at radius 1 is 0.387 bits per heavy atom. The van der Waals surface area contributed by atoms with Crippen molar-refractivity contribution in [2.75, 3.05) is 9.80 Å². The molecule has 0 fully saturated rings. The number of hydrogen-bond acceptors (Lipinski definition) is 4.